The third kappa shape index (κ3) is 3.08. The molecule has 0 amide bonds. The van der Waals surface area contributed by atoms with Crippen molar-refractivity contribution in [2.75, 3.05) is 24.5 Å². The van der Waals surface area contributed by atoms with Gasteiger partial charge in [-0.05, 0) is 36.5 Å². The average Bonchev–Trinajstić information content (AvgIpc) is 3.19. The predicted molar refractivity (Wildman–Crippen MR) is 112 cm³/mol. The first-order chi connectivity index (χ1) is 13.4. The highest BCUT2D eigenvalue weighted by Crippen LogP contribution is 2.32. The van der Waals surface area contributed by atoms with E-state index < -0.39 is 0 Å². The van der Waals surface area contributed by atoms with Crippen molar-refractivity contribution in [1.82, 2.24) is 4.57 Å². The van der Waals surface area contributed by atoms with Gasteiger partial charge in [-0.15, -0.1) is 0 Å². The van der Waals surface area contributed by atoms with Gasteiger partial charge in [0, 0.05) is 25.2 Å². The van der Waals surface area contributed by atoms with Crippen molar-refractivity contribution >= 4 is 11.5 Å². The Morgan fingerprint density at radius 1 is 0.741 bits per heavy atom. The third-order valence-electron chi connectivity index (χ3n) is 5.93. The fraction of sp³-hybridized carbons (Fsp3) is 0.292. The highest BCUT2D eigenvalue weighted by atomic mass is 15.3. The zero-order valence-corrected chi connectivity index (χ0v) is 15.6. The molecule has 3 aromatic rings. The van der Waals surface area contributed by atoms with Crippen LogP contribution in [0.5, 0.6) is 0 Å². The summed E-state index contributed by atoms with van der Waals surface area (Å²) < 4.78 is 2.47. The van der Waals surface area contributed by atoms with Crippen molar-refractivity contribution in [2.45, 2.75) is 25.3 Å². The molecule has 1 fully saturated rings. The molecule has 0 atom stereocenters. The van der Waals surface area contributed by atoms with Crippen LogP contribution >= 0.6 is 0 Å². The maximum absolute atomic E-state index is 4.83. The molecule has 0 unspecified atom stereocenters. The van der Waals surface area contributed by atoms with Gasteiger partial charge in [0.2, 0.25) is 0 Å². The first kappa shape index (κ1) is 16.4. The second kappa shape index (κ2) is 7.07. The number of hydrogen-bond donors (Lipinski definition) is 0. The van der Waals surface area contributed by atoms with Gasteiger partial charge in [0.1, 0.15) is 5.82 Å². The Morgan fingerprint density at radius 3 is 2.19 bits per heavy atom. The summed E-state index contributed by atoms with van der Waals surface area (Å²) in [6, 6.07) is 26.1. The van der Waals surface area contributed by atoms with Gasteiger partial charge in [-0.2, -0.15) is 0 Å². The van der Waals surface area contributed by atoms with E-state index in [0.717, 1.165) is 31.9 Å². The second-order valence-electron chi connectivity index (χ2n) is 7.50. The first-order valence-electron chi connectivity index (χ1n) is 10.00. The topological polar surface area (TPSA) is 20.5 Å². The number of nitrogens with zero attached hydrogens (tertiary/aromatic N) is 3. The van der Waals surface area contributed by atoms with Gasteiger partial charge in [0.25, 0.3) is 0 Å². The van der Waals surface area contributed by atoms with Crippen molar-refractivity contribution in [1.29, 1.82) is 0 Å². The number of aromatic nitrogens is 1. The van der Waals surface area contributed by atoms with Crippen LogP contribution in [0.2, 0.25) is 0 Å². The van der Waals surface area contributed by atoms with Crippen molar-refractivity contribution in [2.24, 2.45) is 4.99 Å². The van der Waals surface area contributed by atoms with Crippen LogP contribution in [-0.4, -0.2) is 29.9 Å². The zero-order chi connectivity index (χ0) is 18.1. The second-order valence-corrected chi connectivity index (χ2v) is 7.50. The highest BCUT2D eigenvalue weighted by Gasteiger charge is 2.25. The molecular formula is C24H25N3. The lowest BCUT2D eigenvalue weighted by molar-refractivity contribution is 0.495. The van der Waals surface area contributed by atoms with Crippen LogP contribution in [0, 0.1) is 0 Å². The molecule has 0 saturated carbocycles. The summed E-state index contributed by atoms with van der Waals surface area (Å²) in [7, 11) is 0. The highest BCUT2D eigenvalue weighted by molar-refractivity contribution is 6.12. The monoisotopic (exact) mass is 355 g/mol. The van der Waals surface area contributed by atoms with Gasteiger partial charge < -0.3 is 9.47 Å². The maximum atomic E-state index is 4.83. The minimum absolute atomic E-state index is 0.694. The lowest BCUT2D eigenvalue weighted by Crippen LogP contribution is -2.35. The van der Waals surface area contributed by atoms with Gasteiger partial charge in [-0.1, -0.05) is 60.7 Å². The molecule has 27 heavy (non-hydrogen) atoms. The fourth-order valence-corrected chi connectivity index (χ4v) is 4.52. The molecule has 2 aliphatic heterocycles. The molecule has 2 aromatic carbocycles. The molecule has 3 nitrogen and oxygen atoms in total. The van der Waals surface area contributed by atoms with E-state index in [1.807, 2.05) is 0 Å². The number of hydrogen-bond acceptors (Lipinski definition) is 2. The van der Waals surface area contributed by atoms with E-state index in [4.69, 9.17) is 4.99 Å². The molecule has 0 N–H and O–H groups in total. The smallest absolute Gasteiger partial charge is 0.109 e. The van der Waals surface area contributed by atoms with E-state index in [1.165, 1.54) is 35.5 Å². The predicted octanol–water partition coefficient (Wildman–Crippen LogP) is 4.72. The third-order valence-corrected chi connectivity index (χ3v) is 5.93. The molecule has 5 rings (SSSR count). The van der Waals surface area contributed by atoms with E-state index >= 15 is 0 Å². The molecule has 1 saturated heterocycles. The fourth-order valence-electron chi connectivity index (χ4n) is 4.52. The van der Waals surface area contributed by atoms with Gasteiger partial charge in [0.05, 0.1) is 18.0 Å². The minimum Gasteiger partial charge on any atom is -0.358 e. The van der Waals surface area contributed by atoms with E-state index in [0.29, 0.717) is 5.92 Å². The molecule has 0 aliphatic carbocycles. The lowest BCUT2D eigenvalue weighted by Gasteiger charge is -2.35. The molecule has 0 bridgehead atoms. The molecule has 3 heterocycles. The standard InChI is InChI=1S/C24H25N3/c1-3-7-19(8-4-1)20-13-16-26(17-14-20)23-12-11-22-24(25-15-18-27(22)23)21-9-5-2-6-10-21/h1-12,20H,13-18H2. The Balaban J connectivity index is 1.36. The number of piperidine rings is 1. The summed E-state index contributed by atoms with van der Waals surface area (Å²) in [6.45, 7) is 4.09. The number of aliphatic imine (C=N–C) groups is 1. The maximum Gasteiger partial charge on any atom is 0.109 e. The molecule has 136 valence electrons. The summed E-state index contributed by atoms with van der Waals surface area (Å²) in [5.74, 6) is 2.06. The van der Waals surface area contributed by atoms with Crippen LogP contribution in [0.15, 0.2) is 77.8 Å². The van der Waals surface area contributed by atoms with E-state index in [-0.39, 0.29) is 0 Å². The van der Waals surface area contributed by atoms with Crippen LogP contribution < -0.4 is 4.90 Å². The minimum atomic E-state index is 0.694. The number of rotatable bonds is 3. The van der Waals surface area contributed by atoms with Crippen molar-refractivity contribution in [3.8, 4) is 0 Å². The first-order valence-corrected chi connectivity index (χ1v) is 10.00. The quantitative estimate of drug-likeness (QED) is 0.666. The van der Waals surface area contributed by atoms with Crippen molar-refractivity contribution in [3.63, 3.8) is 0 Å². The number of fused-ring (bicyclic) bond motifs is 1. The summed E-state index contributed by atoms with van der Waals surface area (Å²) in [5, 5.41) is 0. The van der Waals surface area contributed by atoms with Gasteiger partial charge in [-0.3, -0.25) is 4.99 Å². The SMILES string of the molecule is c1ccc(C2=NCCn3c2ccc3N2CCC(c3ccccc3)CC2)cc1. The Bertz CT molecular complexity index is 932. The summed E-state index contributed by atoms with van der Waals surface area (Å²) in [6.07, 6.45) is 2.45. The van der Waals surface area contributed by atoms with Crippen molar-refractivity contribution in [3.05, 3.63) is 89.6 Å². The molecule has 1 aromatic heterocycles. The van der Waals surface area contributed by atoms with E-state index in [1.54, 1.807) is 0 Å². The van der Waals surface area contributed by atoms with Crippen LogP contribution in [0.4, 0.5) is 5.82 Å². The van der Waals surface area contributed by atoms with Crippen LogP contribution in [0.1, 0.15) is 35.6 Å². The zero-order valence-electron chi connectivity index (χ0n) is 15.6. The van der Waals surface area contributed by atoms with E-state index in [2.05, 4.69) is 82.3 Å². The molecule has 3 heteroatoms. The normalized spacial score (nSPS) is 17.5. The van der Waals surface area contributed by atoms with Gasteiger partial charge >= 0.3 is 0 Å². The van der Waals surface area contributed by atoms with Gasteiger partial charge in [0.15, 0.2) is 0 Å². The Morgan fingerprint density at radius 2 is 1.44 bits per heavy atom. The summed E-state index contributed by atoms with van der Waals surface area (Å²) in [4.78, 5) is 7.39. The Labute approximate surface area is 161 Å². The summed E-state index contributed by atoms with van der Waals surface area (Å²) >= 11 is 0. The van der Waals surface area contributed by atoms with Crippen LogP contribution in [0.3, 0.4) is 0 Å². The molecule has 2 aliphatic rings. The summed E-state index contributed by atoms with van der Waals surface area (Å²) in [5.41, 5.74) is 5.10. The largest absolute Gasteiger partial charge is 0.358 e. The molecule has 0 radical (unpaired) electrons. The number of benzene rings is 2. The van der Waals surface area contributed by atoms with Crippen LogP contribution in [-0.2, 0) is 6.54 Å². The average molecular weight is 355 g/mol. The Hall–Kier alpha value is -2.81. The molecular weight excluding hydrogens is 330 g/mol. The molecule has 0 spiro atoms. The van der Waals surface area contributed by atoms with Crippen molar-refractivity contribution < 1.29 is 0 Å². The Kier molecular flexibility index (Phi) is 4.29. The number of anilines is 1. The van der Waals surface area contributed by atoms with Gasteiger partial charge in [-0.25, -0.2) is 0 Å². The lowest BCUT2D eigenvalue weighted by atomic mass is 9.89. The van der Waals surface area contributed by atoms with E-state index in [9.17, 15) is 0 Å². The van der Waals surface area contributed by atoms with Crippen LogP contribution in [0.25, 0.3) is 0 Å².